The number of hydrogen-bond donors (Lipinski definition) is 2. The van der Waals surface area contributed by atoms with E-state index < -0.39 is 15.5 Å². The van der Waals surface area contributed by atoms with Crippen LogP contribution in [0.15, 0.2) is 4.99 Å². The minimum Gasteiger partial charge on any atom is -0.357 e. The predicted molar refractivity (Wildman–Crippen MR) is 106 cm³/mol. The molecule has 2 fully saturated rings. The summed E-state index contributed by atoms with van der Waals surface area (Å²) < 4.78 is 61.0. The number of aliphatic imine (C=N–C) groups is 1. The SMILES string of the molecule is CCNC(=NCC1CCN(S(=O)(=O)C(F)(F)F)CC1)NCCC1CC1.I. The van der Waals surface area contributed by atoms with Crippen molar-refractivity contribution < 1.29 is 21.6 Å². The predicted octanol–water partition coefficient (Wildman–Crippen LogP) is 2.52. The normalized spacial score (nSPS) is 20.5. The molecule has 1 saturated heterocycles. The molecule has 1 heterocycles. The third-order valence-electron chi connectivity index (χ3n) is 4.60. The number of alkyl halides is 3. The van der Waals surface area contributed by atoms with Crippen LogP contribution in [0.25, 0.3) is 0 Å². The van der Waals surface area contributed by atoms with Crippen LogP contribution in [-0.2, 0) is 10.0 Å². The maximum absolute atomic E-state index is 12.6. The highest BCUT2D eigenvalue weighted by molar-refractivity contribution is 14.0. The molecule has 26 heavy (non-hydrogen) atoms. The summed E-state index contributed by atoms with van der Waals surface area (Å²) in [6.07, 6.45) is 4.50. The maximum Gasteiger partial charge on any atom is 0.511 e. The standard InChI is InChI=1S/C15H27F3N4O2S.HI/c1-2-19-14(20-8-5-12-3-4-12)21-11-13-6-9-22(10-7-13)25(23,24)15(16,17)18;/h12-13H,2-11H2,1H3,(H2,19,20,21);1H. The second-order valence-corrected chi connectivity index (χ2v) is 8.60. The highest BCUT2D eigenvalue weighted by atomic mass is 127. The molecule has 2 rings (SSSR count). The third-order valence-corrected chi connectivity index (χ3v) is 6.23. The molecule has 6 nitrogen and oxygen atoms in total. The molecule has 2 aliphatic rings. The number of nitrogens with one attached hydrogen (secondary N) is 2. The Morgan fingerprint density at radius 1 is 1.12 bits per heavy atom. The van der Waals surface area contributed by atoms with Gasteiger partial charge in [0.25, 0.3) is 0 Å². The molecule has 154 valence electrons. The Kier molecular flexibility index (Phi) is 9.40. The fourth-order valence-electron chi connectivity index (χ4n) is 2.84. The number of nitrogens with zero attached hydrogens (tertiary/aromatic N) is 2. The van der Waals surface area contributed by atoms with Gasteiger partial charge in [0, 0.05) is 32.7 Å². The van der Waals surface area contributed by atoms with Crippen molar-refractivity contribution in [1.82, 2.24) is 14.9 Å². The molecular weight excluding hydrogens is 484 g/mol. The molecule has 1 aliphatic carbocycles. The van der Waals surface area contributed by atoms with Gasteiger partial charge in [0.15, 0.2) is 5.96 Å². The van der Waals surface area contributed by atoms with E-state index in [1.165, 1.54) is 12.8 Å². The molecular formula is C15H28F3IN4O2S. The number of rotatable bonds is 7. The Balaban J connectivity index is 0.00000338. The van der Waals surface area contributed by atoms with Crippen LogP contribution in [-0.4, -0.2) is 56.9 Å². The minimum absolute atomic E-state index is 0. The van der Waals surface area contributed by atoms with E-state index in [1.54, 1.807) is 0 Å². The molecule has 0 aromatic rings. The van der Waals surface area contributed by atoms with Crippen LogP contribution in [0.1, 0.15) is 39.0 Å². The summed E-state index contributed by atoms with van der Waals surface area (Å²) in [4.78, 5) is 4.49. The second kappa shape index (κ2) is 10.3. The zero-order valence-corrected chi connectivity index (χ0v) is 18.0. The van der Waals surface area contributed by atoms with Crippen molar-refractivity contribution in [2.45, 2.75) is 44.5 Å². The fourth-order valence-corrected chi connectivity index (χ4v) is 3.83. The molecule has 0 unspecified atom stereocenters. The number of hydrogen-bond acceptors (Lipinski definition) is 3. The van der Waals surface area contributed by atoms with Gasteiger partial charge in [-0.15, -0.1) is 24.0 Å². The van der Waals surface area contributed by atoms with Gasteiger partial charge >= 0.3 is 15.5 Å². The van der Waals surface area contributed by atoms with E-state index in [0.29, 0.717) is 29.7 Å². The first kappa shape index (κ1) is 23.7. The Morgan fingerprint density at radius 3 is 2.23 bits per heavy atom. The van der Waals surface area contributed by atoms with Crippen LogP contribution in [0, 0.1) is 11.8 Å². The zero-order chi connectivity index (χ0) is 18.5. The summed E-state index contributed by atoms with van der Waals surface area (Å²) >= 11 is 0. The summed E-state index contributed by atoms with van der Waals surface area (Å²) in [5, 5.41) is 6.42. The number of piperidine rings is 1. The van der Waals surface area contributed by atoms with Gasteiger partial charge in [0.2, 0.25) is 0 Å². The van der Waals surface area contributed by atoms with E-state index in [1.807, 2.05) is 6.92 Å². The van der Waals surface area contributed by atoms with Crippen LogP contribution in [0.3, 0.4) is 0 Å². The van der Waals surface area contributed by atoms with Gasteiger partial charge in [-0.3, -0.25) is 4.99 Å². The first-order valence-electron chi connectivity index (χ1n) is 8.82. The van der Waals surface area contributed by atoms with E-state index in [4.69, 9.17) is 0 Å². The Labute approximate surface area is 170 Å². The summed E-state index contributed by atoms with van der Waals surface area (Å²) in [5.41, 5.74) is -5.22. The highest BCUT2D eigenvalue weighted by Crippen LogP contribution is 2.32. The molecule has 1 aliphatic heterocycles. The molecule has 0 spiro atoms. The van der Waals surface area contributed by atoms with Gasteiger partial charge in [-0.1, -0.05) is 12.8 Å². The fraction of sp³-hybridized carbons (Fsp3) is 0.933. The van der Waals surface area contributed by atoms with Crippen molar-refractivity contribution in [2.75, 3.05) is 32.7 Å². The molecule has 0 aromatic heterocycles. The third kappa shape index (κ3) is 7.02. The van der Waals surface area contributed by atoms with Crippen molar-refractivity contribution in [3.8, 4) is 0 Å². The van der Waals surface area contributed by atoms with Crippen molar-refractivity contribution >= 4 is 40.0 Å². The number of sulfonamides is 1. The molecule has 1 saturated carbocycles. The van der Waals surface area contributed by atoms with Crippen LogP contribution >= 0.6 is 24.0 Å². The zero-order valence-electron chi connectivity index (χ0n) is 14.9. The summed E-state index contributed by atoms with van der Waals surface area (Å²) in [7, 11) is -5.20. The second-order valence-electron chi connectivity index (χ2n) is 6.67. The molecule has 2 N–H and O–H groups in total. The van der Waals surface area contributed by atoms with E-state index in [9.17, 15) is 21.6 Å². The Morgan fingerprint density at radius 2 is 1.73 bits per heavy atom. The van der Waals surface area contributed by atoms with Crippen LogP contribution < -0.4 is 10.6 Å². The van der Waals surface area contributed by atoms with Crippen molar-refractivity contribution in [3.63, 3.8) is 0 Å². The lowest BCUT2D eigenvalue weighted by Crippen LogP contribution is -2.45. The molecule has 0 bridgehead atoms. The lowest BCUT2D eigenvalue weighted by atomic mass is 9.98. The van der Waals surface area contributed by atoms with Gasteiger partial charge < -0.3 is 10.6 Å². The highest BCUT2D eigenvalue weighted by Gasteiger charge is 2.50. The lowest BCUT2D eigenvalue weighted by molar-refractivity contribution is -0.0496. The smallest absolute Gasteiger partial charge is 0.357 e. The van der Waals surface area contributed by atoms with E-state index in [2.05, 4.69) is 15.6 Å². The van der Waals surface area contributed by atoms with Gasteiger partial charge in [0.1, 0.15) is 0 Å². The van der Waals surface area contributed by atoms with E-state index in [0.717, 1.165) is 25.4 Å². The Bertz CT molecular complexity index is 560. The first-order chi connectivity index (χ1) is 11.7. The van der Waals surface area contributed by atoms with E-state index in [-0.39, 0.29) is 43.0 Å². The molecule has 0 radical (unpaired) electrons. The van der Waals surface area contributed by atoms with Gasteiger partial charge in [0.05, 0.1) is 0 Å². The van der Waals surface area contributed by atoms with Crippen LogP contribution in [0.5, 0.6) is 0 Å². The quantitative estimate of drug-likeness (QED) is 0.313. The molecule has 0 atom stereocenters. The van der Waals surface area contributed by atoms with E-state index >= 15 is 0 Å². The van der Waals surface area contributed by atoms with Gasteiger partial charge in [-0.25, -0.2) is 8.42 Å². The summed E-state index contributed by atoms with van der Waals surface area (Å²) in [6.45, 7) is 3.84. The Hall–Kier alpha value is -0.300. The van der Waals surface area contributed by atoms with Gasteiger partial charge in [-0.2, -0.15) is 17.5 Å². The monoisotopic (exact) mass is 512 g/mol. The maximum atomic E-state index is 12.6. The number of guanidine groups is 1. The van der Waals surface area contributed by atoms with Crippen molar-refractivity contribution in [2.24, 2.45) is 16.8 Å². The molecule has 0 amide bonds. The van der Waals surface area contributed by atoms with Crippen molar-refractivity contribution in [3.05, 3.63) is 0 Å². The number of halogens is 4. The van der Waals surface area contributed by atoms with Gasteiger partial charge in [-0.05, 0) is 38.0 Å². The molecule has 0 aromatic carbocycles. The topological polar surface area (TPSA) is 73.8 Å². The van der Waals surface area contributed by atoms with Crippen LogP contribution in [0.2, 0.25) is 0 Å². The minimum atomic E-state index is -5.22. The summed E-state index contributed by atoms with van der Waals surface area (Å²) in [5.74, 6) is 1.64. The van der Waals surface area contributed by atoms with Crippen LogP contribution in [0.4, 0.5) is 13.2 Å². The van der Waals surface area contributed by atoms with Crippen molar-refractivity contribution in [1.29, 1.82) is 0 Å². The first-order valence-corrected chi connectivity index (χ1v) is 10.3. The average molecular weight is 512 g/mol. The molecule has 11 heteroatoms. The average Bonchev–Trinajstić information content (AvgIpc) is 3.36. The largest absolute Gasteiger partial charge is 0.511 e. The lowest BCUT2D eigenvalue weighted by Gasteiger charge is -2.30. The summed E-state index contributed by atoms with van der Waals surface area (Å²) in [6, 6.07) is 0.